The molecule has 6 aliphatic carbocycles. The first-order valence-corrected chi connectivity index (χ1v) is 25.6. The highest BCUT2D eigenvalue weighted by Gasteiger charge is 2.64. The van der Waals surface area contributed by atoms with Crippen LogP contribution < -0.4 is 0 Å². The smallest absolute Gasteiger partial charge is 0.313 e. The third kappa shape index (κ3) is 14.4. The van der Waals surface area contributed by atoms with Gasteiger partial charge in [0, 0.05) is 18.3 Å². The Morgan fingerprint density at radius 1 is 0.721 bits per heavy atom. The molecule has 2 heterocycles. The van der Waals surface area contributed by atoms with Crippen molar-refractivity contribution in [1.29, 1.82) is 0 Å². The molecule has 68 heavy (non-hydrogen) atoms. The number of aliphatic carboxylic acids is 1. The van der Waals surface area contributed by atoms with E-state index in [1.54, 1.807) is 27.7 Å². The molecule has 15 nitrogen and oxygen atoms in total. The minimum atomic E-state index is -0.959. The number of hydrogen-bond donors (Lipinski definition) is 1. The average Bonchev–Trinajstić information content (AvgIpc) is 3.92. The Hall–Kier alpha value is -3.75. The molecule has 0 spiro atoms. The van der Waals surface area contributed by atoms with Crippen LogP contribution in [0.3, 0.4) is 0 Å². The number of carboxylic acids is 1. The fraction of sp³-hybridized carbons (Fsp3) is 0.868. The van der Waals surface area contributed by atoms with Gasteiger partial charge >= 0.3 is 41.8 Å². The maximum atomic E-state index is 12.6. The molecular formula is C53H86O15. The number of fused-ring (bicyclic) bond motifs is 1. The summed E-state index contributed by atoms with van der Waals surface area (Å²) in [6.07, 6.45) is 13.4. The fourth-order valence-electron chi connectivity index (χ4n) is 10.7. The molecule has 8 unspecified atom stereocenters. The SMILES string of the molecule is CCC(C)(C)C(=O)OC(C)CC(=O)O.CCC(C)(C)C(=O)OC12CC3CC(CC(C3)C1)C2.CCC(C)(C)C(=O)OC1CCCCO1.CCC(C)(CC(=O)OC)C(=O)OC1C2CC3C(=O)OC1C3C2. The van der Waals surface area contributed by atoms with Crippen LogP contribution in [0, 0.1) is 57.2 Å². The number of rotatable bonds is 16. The highest BCUT2D eigenvalue weighted by Crippen LogP contribution is 2.58. The zero-order valence-electron chi connectivity index (χ0n) is 43.7. The molecule has 8 aliphatic rings. The third-order valence-electron chi connectivity index (χ3n) is 16.4. The van der Waals surface area contributed by atoms with E-state index in [0.717, 1.165) is 82.0 Å². The Bertz CT molecular complexity index is 1740. The predicted octanol–water partition coefficient (Wildman–Crippen LogP) is 9.72. The van der Waals surface area contributed by atoms with Crippen LogP contribution in [0.15, 0.2) is 0 Å². The van der Waals surface area contributed by atoms with Crippen molar-refractivity contribution >= 4 is 41.8 Å². The van der Waals surface area contributed by atoms with E-state index in [4.69, 9.17) is 33.5 Å². The van der Waals surface area contributed by atoms with Gasteiger partial charge in [0.25, 0.3) is 0 Å². The zero-order chi connectivity index (χ0) is 51.0. The molecule has 6 saturated carbocycles. The van der Waals surface area contributed by atoms with E-state index in [-0.39, 0.29) is 89.4 Å². The van der Waals surface area contributed by atoms with Gasteiger partial charge in [-0.15, -0.1) is 0 Å². The molecule has 6 bridgehead atoms. The van der Waals surface area contributed by atoms with E-state index in [0.29, 0.717) is 19.4 Å². The van der Waals surface area contributed by atoms with Crippen LogP contribution in [0.5, 0.6) is 0 Å². The van der Waals surface area contributed by atoms with Gasteiger partial charge in [-0.05, 0) is 163 Å². The standard InChI is InChI=1S/C16H22O6.C16H26O2.C11H20O3.C10H18O4/c1-4-16(2,7-11(17)20-3)15(19)22-12-8-5-9-10(6-8)14(18)21-13(9)12;1-4-15(2,3)14(17)18-16-8-11-5-12(9-16)7-13(6-11)10-16;1-4-11(2,3)10(12)14-9-7-5-6-8-13-9;1-5-10(3,4)9(13)14-7(2)6-8(11)12/h8-10,12-13H,4-7H2,1-3H3;11-13H,4-10H2,1-3H3;9H,4-8H2,1-3H3;7H,5-6H2,1-4H3,(H,11,12). The predicted molar refractivity (Wildman–Crippen MR) is 251 cm³/mol. The van der Waals surface area contributed by atoms with Crippen LogP contribution in [-0.2, 0) is 66.7 Å². The first-order valence-electron chi connectivity index (χ1n) is 25.6. The van der Waals surface area contributed by atoms with Crippen LogP contribution >= 0.6 is 0 Å². The van der Waals surface area contributed by atoms with E-state index in [2.05, 4.69) is 11.7 Å². The summed E-state index contributed by atoms with van der Waals surface area (Å²) in [4.78, 5) is 81.6. The Kier molecular flexibility index (Phi) is 19.6. The minimum absolute atomic E-state index is 0.00224. The van der Waals surface area contributed by atoms with Gasteiger partial charge in [0.05, 0.1) is 54.1 Å². The summed E-state index contributed by atoms with van der Waals surface area (Å²) in [6.45, 7) is 23.2. The molecule has 2 aliphatic heterocycles. The van der Waals surface area contributed by atoms with Crippen molar-refractivity contribution in [3.8, 4) is 0 Å². The zero-order valence-corrected chi connectivity index (χ0v) is 43.7. The quantitative estimate of drug-likeness (QED) is 0.113. The Morgan fingerprint density at radius 3 is 1.75 bits per heavy atom. The number of esters is 6. The molecule has 0 radical (unpaired) electrons. The van der Waals surface area contributed by atoms with Crippen molar-refractivity contribution in [3.63, 3.8) is 0 Å². The molecule has 8 atom stereocenters. The second-order valence-electron chi connectivity index (χ2n) is 23.2. The number of methoxy groups -OCH3 is 1. The summed E-state index contributed by atoms with van der Waals surface area (Å²) in [5, 5.41) is 8.47. The van der Waals surface area contributed by atoms with Crippen molar-refractivity contribution in [2.24, 2.45) is 57.2 Å². The van der Waals surface area contributed by atoms with Crippen molar-refractivity contribution in [1.82, 2.24) is 0 Å². The summed E-state index contributed by atoms with van der Waals surface area (Å²) < 4.78 is 37.5. The van der Waals surface area contributed by atoms with Crippen LogP contribution in [0.2, 0.25) is 0 Å². The van der Waals surface area contributed by atoms with Gasteiger partial charge in [-0.25, -0.2) is 0 Å². The maximum absolute atomic E-state index is 12.6. The van der Waals surface area contributed by atoms with E-state index >= 15 is 0 Å². The number of carbonyl (C=O) groups excluding carboxylic acids is 6. The second-order valence-corrected chi connectivity index (χ2v) is 23.2. The van der Waals surface area contributed by atoms with E-state index < -0.39 is 34.8 Å². The average molecular weight is 963 g/mol. The Labute approximate surface area is 405 Å². The van der Waals surface area contributed by atoms with Gasteiger partial charge in [0.15, 0.2) is 0 Å². The molecule has 2 saturated heterocycles. The van der Waals surface area contributed by atoms with Gasteiger partial charge in [0.1, 0.15) is 23.9 Å². The Morgan fingerprint density at radius 2 is 1.26 bits per heavy atom. The molecule has 0 aromatic carbocycles. The first kappa shape index (κ1) is 56.8. The number of hydrogen-bond acceptors (Lipinski definition) is 14. The lowest BCUT2D eigenvalue weighted by Crippen LogP contribution is -2.53. The first-order chi connectivity index (χ1) is 31.7. The van der Waals surface area contributed by atoms with Gasteiger partial charge < -0.3 is 38.3 Å². The number of carboxylic acid groups (broad SMARTS) is 1. The molecular weight excluding hydrogens is 877 g/mol. The van der Waals surface area contributed by atoms with Crippen LogP contribution in [0.25, 0.3) is 0 Å². The molecule has 15 heteroatoms. The summed E-state index contributed by atoms with van der Waals surface area (Å²) >= 11 is 0. The summed E-state index contributed by atoms with van der Waals surface area (Å²) in [7, 11) is 1.30. The normalized spacial score (nSPS) is 30.8. The topological polar surface area (TPSA) is 204 Å². The molecule has 0 amide bonds. The molecule has 0 aromatic heterocycles. The van der Waals surface area contributed by atoms with Crippen molar-refractivity contribution in [2.45, 2.75) is 222 Å². The summed E-state index contributed by atoms with van der Waals surface area (Å²) in [6, 6.07) is 0. The third-order valence-corrected chi connectivity index (χ3v) is 16.4. The van der Waals surface area contributed by atoms with E-state index in [1.165, 1.54) is 26.4 Å². The van der Waals surface area contributed by atoms with Gasteiger partial charge in [-0.1, -0.05) is 27.7 Å². The molecule has 1 N–H and O–H groups in total. The van der Waals surface area contributed by atoms with Crippen molar-refractivity contribution < 1.29 is 71.8 Å². The molecule has 8 fully saturated rings. The van der Waals surface area contributed by atoms with E-state index in [9.17, 15) is 33.6 Å². The monoisotopic (exact) mass is 963 g/mol. The van der Waals surface area contributed by atoms with Crippen LogP contribution in [-0.4, -0.2) is 90.8 Å². The lowest BCUT2D eigenvalue weighted by molar-refractivity contribution is -0.196. The van der Waals surface area contributed by atoms with Crippen LogP contribution in [0.1, 0.15) is 192 Å². The highest BCUT2D eigenvalue weighted by atomic mass is 16.7. The van der Waals surface area contributed by atoms with Crippen molar-refractivity contribution in [3.05, 3.63) is 0 Å². The largest absolute Gasteiger partial charge is 0.481 e. The lowest BCUT2D eigenvalue weighted by atomic mass is 9.54. The molecule has 0 aromatic rings. The van der Waals surface area contributed by atoms with Gasteiger partial charge in [-0.2, -0.15) is 0 Å². The van der Waals surface area contributed by atoms with Crippen LogP contribution in [0.4, 0.5) is 0 Å². The maximum Gasteiger partial charge on any atom is 0.313 e. The summed E-state index contributed by atoms with van der Waals surface area (Å²) in [5.74, 6) is 0.530. The number of ether oxygens (including phenoxy) is 7. The van der Waals surface area contributed by atoms with Crippen molar-refractivity contribution in [2.75, 3.05) is 13.7 Å². The summed E-state index contributed by atoms with van der Waals surface area (Å²) in [5.41, 5.74) is -2.22. The van der Waals surface area contributed by atoms with E-state index in [1.807, 2.05) is 48.5 Å². The Balaban J connectivity index is 0.000000202. The lowest BCUT2D eigenvalue weighted by Gasteiger charge is -2.56. The minimum Gasteiger partial charge on any atom is -0.481 e. The molecule has 388 valence electrons. The highest BCUT2D eigenvalue weighted by molar-refractivity contribution is 5.83. The fourth-order valence-corrected chi connectivity index (χ4v) is 10.7. The molecule has 8 rings (SSSR count). The second kappa shape index (κ2) is 23.4. The van der Waals surface area contributed by atoms with Gasteiger partial charge in [-0.3, -0.25) is 33.6 Å². The van der Waals surface area contributed by atoms with Gasteiger partial charge in [0.2, 0.25) is 6.29 Å². The number of carbonyl (C=O) groups is 7.